The maximum Gasteiger partial charge on any atom is 0.255 e. The summed E-state index contributed by atoms with van der Waals surface area (Å²) in [5.74, 6) is 0.767. The lowest BCUT2D eigenvalue weighted by atomic mass is 10.2. The van der Waals surface area contributed by atoms with Crippen LogP contribution in [0.2, 0.25) is 0 Å². The monoisotopic (exact) mass is 530 g/mol. The summed E-state index contributed by atoms with van der Waals surface area (Å²) in [6, 6.07) is 20.9. The molecule has 0 unspecified atom stereocenters. The average Bonchev–Trinajstić information content (AvgIpc) is 2.79. The first-order chi connectivity index (χ1) is 15.7. The summed E-state index contributed by atoms with van der Waals surface area (Å²) in [6.45, 7) is 5.01. The molecule has 0 atom stereocenters. The standard InChI is InChI=1S/C25H27BrN2O4S/c1-18(2)17-32-24-13-8-20(16-23(24)26)25(29)28-21-9-11-22(12-10-21)33(30,31)27-15-14-19-6-4-3-5-7-19/h3-13,16,18,27H,14-15,17H2,1-2H3,(H,28,29). The number of anilines is 1. The maximum atomic E-state index is 12.6. The first kappa shape index (κ1) is 25.0. The summed E-state index contributed by atoms with van der Waals surface area (Å²) in [4.78, 5) is 12.7. The van der Waals surface area contributed by atoms with Gasteiger partial charge in [-0.05, 0) is 76.3 Å². The van der Waals surface area contributed by atoms with Crippen molar-refractivity contribution in [3.8, 4) is 5.75 Å². The number of rotatable bonds is 10. The smallest absolute Gasteiger partial charge is 0.255 e. The second kappa shape index (κ2) is 11.4. The van der Waals surface area contributed by atoms with Gasteiger partial charge in [0.25, 0.3) is 5.91 Å². The Morgan fingerprint density at radius 2 is 1.70 bits per heavy atom. The molecule has 8 heteroatoms. The van der Waals surface area contributed by atoms with E-state index in [9.17, 15) is 13.2 Å². The van der Waals surface area contributed by atoms with Gasteiger partial charge in [0.1, 0.15) is 5.75 Å². The predicted octanol–water partition coefficient (Wildman–Crippen LogP) is 5.26. The zero-order chi connectivity index (χ0) is 23.8. The highest BCUT2D eigenvalue weighted by atomic mass is 79.9. The molecular weight excluding hydrogens is 504 g/mol. The van der Waals surface area contributed by atoms with Crippen molar-refractivity contribution < 1.29 is 17.9 Å². The van der Waals surface area contributed by atoms with E-state index in [0.29, 0.717) is 47.0 Å². The number of amides is 1. The molecule has 3 rings (SSSR count). The minimum absolute atomic E-state index is 0.142. The van der Waals surface area contributed by atoms with E-state index in [2.05, 4.69) is 39.8 Å². The van der Waals surface area contributed by atoms with Gasteiger partial charge >= 0.3 is 0 Å². The van der Waals surface area contributed by atoms with Gasteiger partial charge < -0.3 is 10.1 Å². The third-order valence-corrected chi connectivity index (χ3v) is 6.83. The first-order valence-electron chi connectivity index (χ1n) is 10.6. The van der Waals surface area contributed by atoms with Crippen molar-refractivity contribution >= 4 is 37.5 Å². The Labute approximate surface area is 203 Å². The summed E-state index contributed by atoms with van der Waals surface area (Å²) in [5, 5.41) is 2.78. The summed E-state index contributed by atoms with van der Waals surface area (Å²) >= 11 is 3.44. The quantitative estimate of drug-likeness (QED) is 0.374. The molecular formula is C25H27BrN2O4S. The fraction of sp³-hybridized carbons (Fsp3) is 0.240. The summed E-state index contributed by atoms with van der Waals surface area (Å²) in [5.41, 5.74) is 2.02. The zero-order valence-electron chi connectivity index (χ0n) is 18.5. The van der Waals surface area contributed by atoms with Gasteiger partial charge in [0, 0.05) is 17.8 Å². The first-order valence-corrected chi connectivity index (χ1v) is 12.9. The number of carbonyl (C=O) groups is 1. The Kier molecular flexibility index (Phi) is 8.66. The van der Waals surface area contributed by atoms with E-state index < -0.39 is 10.0 Å². The molecule has 0 bridgehead atoms. The van der Waals surface area contributed by atoms with Crippen LogP contribution in [0.1, 0.15) is 29.8 Å². The van der Waals surface area contributed by atoms with E-state index >= 15 is 0 Å². The largest absolute Gasteiger partial charge is 0.492 e. The molecule has 0 aliphatic heterocycles. The second-order valence-corrected chi connectivity index (χ2v) is 10.6. The number of sulfonamides is 1. The highest BCUT2D eigenvalue weighted by Crippen LogP contribution is 2.27. The number of hydrogen-bond acceptors (Lipinski definition) is 4. The van der Waals surface area contributed by atoms with Crippen LogP contribution >= 0.6 is 15.9 Å². The third-order valence-electron chi connectivity index (χ3n) is 4.74. The van der Waals surface area contributed by atoms with Crippen LogP contribution in [0, 0.1) is 5.92 Å². The highest BCUT2D eigenvalue weighted by Gasteiger charge is 2.14. The minimum atomic E-state index is -3.63. The van der Waals surface area contributed by atoms with Gasteiger partial charge in [-0.25, -0.2) is 13.1 Å². The van der Waals surface area contributed by atoms with E-state index in [-0.39, 0.29) is 10.8 Å². The SMILES string of the molecule is CC(C)COc1ccc(C(=O)Nc2ccc(S(=O)(=O)NCCc3ccccc3)cc2)cc1Br. The number of hydrogen-bond donors (Lipinski definition) is 2. The van der Waals surface area contributed by atoms with Crippen LogP contribution in [0.15, 0.2) is 82.2 Å². The lowest BCUT2D eigenvalue weighted by molar-refractivity contribution is 0.102. The van der Waals surface area contributed by atoms with Crippen LogP contribution in [0.5, 0.6) is 5.75 Å². The van der Waals surface area contributed by atoms with Gasteiger partial charge in [-0.15, -0.1) is 0 Å². The molecule has 0 aliphatic carbocycles. The molecule has 0 aromatic heterocycles. The Hall–Kier alpha value is -2.68. The fourth-order valence-electron chi connectivity index (χ4n) is 2.99. The molecule has 0 aliphatic rings. The lowest BCUT2D eigenvalue weighted by Crippen LogP contribution is -2.26. The van der Waals surface area contributed by atoms with Gasteiger partial charge in [-0.1, -0.05) is 44.2 Å². The van der Waals surface area contributed by atoms with Crippen LogP contribution in [-0.4, -0.2) is 27.5 Å². The molecule has 0 fully saturated rings. The van der Waals surface area contributed by atoms with Gasteiger partial charge in [0.05, 0.1) is 16.0 Å². The van der Waals surface area contributed by atoms with Gasteiger partial charge in [-0.2, -0.15) is 0 Å². The topological polar surface area (TPSA) is 84.5 Å². The molecule has 0 saturated carbocycles. The van der Waals surface area contributed by atoms with Gasteiger partial charge in [-0.3, -0.25) is 4.79 Å². The number of ether oxygens (including phenoxy) is 1. The molecule has 3 aromatic rings. The summed E-state index contributed by atoms with van der Waals surface area (Å²) < 4.78 is 34.1. The average molecular weight is 531 g/mol. The lowest BCUT2D eigenvalue weighted by Gasteiger charge is -2.12. The number of carbonyl (C=O) groups excluding carboxylic acids is 1. The maximum absolute atomic E-state index is 12.6. The van der Waals surface area contributed by atoms with Gasteiger partial charge in [0.15, 0.2) is 0 Å². The Morgan fingerprint density at radius 3 is 2.33 bits per heavy atom. The fourth-order valence-corrected chi connectivity index (χ4v) is 4.52. The molecule has 33 heavy (non-hydrogen) atoms. The van der Waals surface area contributed by atoms with Crippen molar-refractivity contribution in [3.05, 3.63) is 88.4 Å². The molecule has 6 nitrogen and oxygen atoms in total. The van der Waals surface area contributed by atoms with Crippen LogP contribution in [0.3, 0.4) is 0 Å². The van der Waals surface area contributed by atoms with Crippen LogP contribution in [0.25, 0.3) is 0 Å². The molecule has 0 heterocycles. The molecule has 0 radical (unpaired) electrons. The van der Waals surface area contributed by atoms with E-state index in [1.165, 1.54) is 12.1 Å². The van der Waals surface area contributed by atoms with E-state index in [4.69, 9.17) is 4.74 Å². The third kappa shape index (κ3) is 7.42. The van der Waals surface area contributed by atoms with Crippen molar-refractivity contribution in [2.24, 2.45) is 5.92 Å². The van der Waals surface area contributed by atoms with Crippen molar-refractivity contribution in [2.75, 3.05) is 18.5 Å². The Bertz CT molecular complexity index is 1180. The molecule has 1 amide bonds. The van der Waals surface area contributed by atoms with Gasteiger partial charge in [0.2, 0.25) is 10.0 Å². The van der Waals surface area contributed by atoms with E-state index in [0.717, 1.165) is 5.56 Å². The van der Waals surface area contributed by atoms with Crippen LogP contribution < -0.4 is 14.8 Å². The van der Waals surface area contributed by atoms with Crippen molar-refractivity contribution in [3.63, 3.8) is 0 Å². The number of benzene rings is 3. The molecule has 2 N–H and O–H groups in total. The van der Waals surface area contributed by atoms with Crippen LogP contribution in [0.4, 0.5) is 5.69 Å². The number of halogens is 1. The molecule has 3 aromatic carbocycles. The minimum Gasteiger partial charge on any atom is -0.492 e. The normalized spacial score (nSPS) is 11.4. The zero-order valence-corrected chi connectivity index (χ0v) is 20.9. The summed E-state index contributed by atoms with van der Waals surface area (Å²) in [7, 11) is -3.63. The molecule has 0 saturated heterocycles. The Balaban J connectivity index is 1.58. The van der Waals surface area contributed by atoms with Crippen molar-refractivity contribution in [1.82, 2.24) is 4.72 Å². The highest BCUT2D eigenvalue weighted by molar-refractivity contribution is 9.10. The van der Waals surface area contributed by atoms with E-state index in [1.807, 2.05) is 30.3 Å². The summed E-state index contributed by atoms with van der Waals surface area (Å²) in [6.07, 6.45) is 0.602. The second-order valence-electron chi connectivity index (χ2n) is 7.96. The predicted molar refractivity (Wildman–Crippen MR) is 134 cm³/mol. The molecule has 0 spiro atoms. The molecule has 174 valence electrons. The van der Waals surface area contributed by atoms with Crippen molar-refractivity contribution in [1.29, 1.82) is 0 Å². The van der Waals surface area contributed by atoms with Crippen molar-refractivity contribution in [2.45, 2.75) is 25.2 Å². The Morgan fingerprint density at radius 1 is 1.00 bits per heavy atom. The number of nitrogens with one attached hydrogen (secondary N) is 2. The van der Waals surface area contributed by atoms with Crippen LogP contribution in [-0.2, 0) is 16.4 Å². The van der Waals surface area contributed by atoms with E-state index in [1.54, 1.807) is 30.3 Å².